The average Bonchev–Trinajstić information content (AvgIpc) is 2.03. The molecule has 1 aliphatic rings. The van der Waals surface area contributed by atoms with Gasteiger partial charge >= 0.3 is 0 Å². The van der Waals surface area contributed by atoms with Crippen molar-refractivity contribution in [3.8, 4) is 0 Å². The summed E-state index contributed by atoms with van der Waals surface area (Å²) in [5.41, 5.74) is 0. The summed E-state index contributed by atoms with van der Waals surface area (Å²) in [6.07, 6.45) is 4.95. The van der Waals surface area contributed by atoms with Gasteiger partial charge in [0, 0.05) is 0 Å². The third-order valence-electron chi connectivity index (χ3n) is 2.64. The number of likely N-dealkylation sites (N-methyl/N-ethyl adjacent to an activating group) is 1. The standard InChI is InChI=1S/C10H21NO2/c1-3-4-5-6-10-9-11(2,12)7-8-13-10/h10H,3-9H2,1-2H3. The predicted octanol–water partition coefficient (Wildman–Crippen LogP) is 1.91. The first-order valence-corrected chi connectivity index (χ1v) is 5.31. The zero-order chi connectivity index (χ0) is 9.73. The number of hydroxylamine groups is 3. The summed E-state index contributed by atoms with van der Waals surface area (Å²) in [4.78, 5) is 0. The Bertz CT molecular complexity index is 148. The molecular weight excluding hydrogens is 166 g/mol. The Morgan fingerprint density at radius 1 is 1.46 bits per heavy atom. The second kappa shape index (κ2) is 4.94. The lowest BCUT2D eigenvalue weighted by Gasteiger charge is -2.44. The third kappa shape index (κ3) is 4.07. The van der Waals surface area contributed by atoms with Crippen LogP contribution >= 0.6 is 0 Å². The molecule has 0 aromatic rings. The van der Waals surface area contributed by atoms with Gasteiger partial charge in [-0.05, 0) is 6.42 Å². The van der Waals surface area contributed by atoms with E-state index >= 15 is 0 Å². The molecule has 2 unspecified atom stereocenters. The first kappa shape index (κ1) is 11.0. The Kier molecular flexibility index (Phi) is 4.16. The molecular formula is C10H21NO2. The summed E-state index contributed by atoms with van der Waals surface area (Å²) in [6.45, 7) is 4.08. The fourth-order valence-electron chi connectivity index (χ4n) is 1.78. The van der Waals surface area contributed by atoms with E-state index in [4.69, 9.17) is 4.74 Å². The van der Waals surface area contributed by atoms with Gasteiger partial charge in [0.1, 0.15) is 19.2 Å². The summed E-state index contributed by atoms with van der Waals surface area (Å²) >= 11 is 0. The van der Waals surface area contributed by atoms with Crippen LogP contribution in [0.5, 0.6) is 0 Å². The van der Waals surface area contributed by atoms with Crippen molar-refractivity contribution in [3.05, 3.63) is 5.21 Å². The van der Waals surface area contributed by atoms with Crippen molar-refractivity contribution < 1.29 is 9.38 Å². The number of quaternary nitrogens is 1. The van der Waals surface area contributed by atoms with Gasteiger partial charge in [0.05, 0.1) is 13.7 Å². The number of nitrogens with zero attached hydrogens (tertiary/aromatic N) is 1. The number of hydrogen-bond acceptors (Lipinski definition) is 2. The highest BCUT2D eigenvalue weighted by atomic mass is 16.6. The van der Waals surface area contributed by atoms with Crippen molar-refractivity contribution in [2.75, 3.05) is 26.7 Å². The molecule has 0 radical (unpaired) electrons. The number of unbranched alkanes of at least 4 members (excludes halogenated alkanes) is 2. The zero-order valence-electron chi connectivity index (χ0n) is 8.79. The minimum Gasteiger partial charge on any atom is -0.633 e. The maximum Gasteiger partial charge on any atom is 0.107 e. The van der Waals surface area contributed by atoms with Crippen LogP contribution in [0.1, 0.15) is 32.6 Å². The van der Waals surface area contributed by atoms with Crippen molar-refractivity contribution >= 4 is 0 Å². The molecule has 2 atom stereocenters. The van der Waals surface area contributed by atoms with Crippen molar-refractivity contribution in [2.24, 2.45) is 0 Å². The Hall–Kier alpha value is -0.120. The van der Waals surface area contributed by atoms with E-state index in [1.54, 1.807) is 7.05 Å². The molecule has 0 aromatic heterocycles. The van der Waals surface area contributed by atoms with Crippen LogP contribution in [-0.2, 0) is 4.74 Å². The summed E-state index contributed by atoms with van der Waals surface area (Å²) < 4.78 is 5.43. The molecule has 0 spiro atoms. The van der Waals surface area contributed by atoms with E-state index in [0.29, 0.717) is 19.7 Å². The van der Waals surface area contributed by atoms with E-state index < -0.39 is 0 Å². The van der Waals surface area contributed by atoms with Gasteiger partial charge in [0.25, 0.3) is 0 Å². The molecule has 78 valence electrons. The number of rotatable bonds is 4. The van der Waals surface area contributed by atoms with E-state index in [0.717, 1.165) is 6.42 Å². The summed E-state index contributed by atoms with van der Waals surface area (Å²) in [6, 6.07) is 0. The predicted molar refractivity (Wildman–Crippen MR) is 53.2 cm³/mol. The molecule has 0 bridgehead atoms. The van der Waals surface area contributed by atoms with Gasteiger partial charge in [0.2, 0.25) is 0 Å². The van der Waals surface area contributed by atoms with E-state index in [9.17, 15) is 5.21 Å². The van der Waals surface area contributed by atoms with Crippen LogP contribution in [0.2, 0.25) is 0 Å². The minimum absolute atomic E-state index is 0.114. The first-order valence-electron chi connectivity index (χ1n) is 5.31. The Labute approximate surface area is 80.8 Å². The number of ether oxygens (including phenoxy) is 1. The molecule has 1 heterocycles. The lowest BCUT2D eigenvalue weighted by atomic mass is 10.1. The van der Waals surface area contributed by atoms with Crippen molar-refractivity contribution in [2.45, 2.75) is 38.7 Å². The monoisotopic (exact) mass is 187 g/mol. The summed E-state index contributed by atoms with van der Waals surface area (Å²) in [5.74, 6) is 0. The molecule has 1 saturated heterocycles. The van der Waals surface area contributed by atoms with E-state index in [2.05, 4.69) is 6.92 Å². The molecule has 1 rings (SSSR count). The topological polar surface area (TPSA) is 32.3 Å². The Morgan fingerprint density at radius 2 is 2.23 bits per heavy atom. The zero-order valence-corrected chi connectivity index (χ0v) is 8.79. The van der Waals surface area contributed by atoms with E-state index in [1.807, 2.05) is 0 Å². The lowest BCUT2D eigenvalue weighted by molar-refractivity contribution is -0.873. The molecule has 3 nitrogen and oxygen atoms in total. The van der Waals surface area contributed by atoms with Crippen LogP contribution in [0.15, 0.2) is 0 Å². The van der Waals surface area contributed by atoms with Gasteiger partial charge in [-0.25, -0.2) is 0 Å². The van der Waals surface area contributed by atoms with Crippen molar-refractivity contribution in [1.82, 2.24) is 0 Å². The second-order valence-electron chi connectivity index (χ2n) is 4.19. The lowest BCUT2D eigenvalue weighted by Crippen LogP contribution is -2.51. The number of hydrogen-bond donors (Lipinski definition) is 0. The molecule has 13 heavy (non-hydrogen) atoms. The van der Waals surface area contributed by atoms with Gasteiger partial charge in [-0.2, -0.15) is 0 Å². The van der Waals surface area contributed by atoms with Crippen LogP contribution in [-0.4, -0.2) is 37.5 Å². The summed E-state index contributed by atoms with van der Waals surface area (Å²) in [7, 11) is 1.75. The molecule has 0 aliphatic carbocycles. The highest BCUT2D eigenvalue weighted by molar-refractivity contribution is 4.62. The van der Waals surface area contributed by atoms with Crippen molar-refractivity contribution in [1.29, 1.82) is 0 Å². The SMILES string of the molecule is CCCCCC1C[N+](C)([O-])CCO1. The molecule has 0 N–H and O–H groups in total. The normalized spacial score (nSPS) is 34.8. The highest BCUT2D eigenvalue weighted by Crippen LogP contribution is 2.15. The third-order valence-corrected chi connectivity index (χ3v) is 2.64. The van der Waals surface area contributed by atoms with Crippen LogP contribution in [0, 0.1) is 5.21 Å². The molecule has 1 aliphatic heterocycles. The van der Waals surface area contributed by atoms with Gasteiger partial charge in [-0.3, -0.25) is 0 Å². The van der Waals surface area contributed by atoms with Gasteiger partial charge in [0.15, 0.2) is 0 Å². The smallest absolute Gasteiger partial charge is 0.107 e. The molecule has 1 fully saturated rings. The van der Waals surface area contributed by atoms with Gasteiger partial charge < -0.3 is 14.6 Å². The largest absolute Gasteiger partial charge is 0.633 e. The van der Waals surface area contributed by atoms with Crippen LogP contribution in [0.25, 0.3) is 0 Å². The first-order chi connectivity index (χ1) is 6.14. The molecule has 3 heteroatoms. The fourth-order valence-corrected chi connectivity index (χ4v) is 1.78. The highest BCUT2D eigenvalue weighted by Gasteiger charge is 2.24. The Balaban J connectivity index is 2.19. The maximum absolute atomic E-state index is 11.6. The van der Waals surface area contributed by atoms with Gasteiger partial charge in [-0.1, -0.05) is 26.2 Å². The fraction of sp³-hybridized carbons (Fsp3) is 1.00. The second-order valence-corrected chi connectivity index (χ2v) is 4.19. The van der Waals surface area contributed by atoms with Crippen LogP contribution in [0.3, 0.4) is 0 Å². The average molecular weight is 187 g/mol. The number of morpholine rings is 1. The summed E-state index contributed by atoms with van der Waals surface area (Å²) in [5, 5.41) is 11.6. The minimum atomic E-state index is -0.114. The maximum atomic E-state index is 11.6. The molecule has 0 amide bonds. The van der Waals surface area contributed by atoms with Gasteiger partial charge in [-0.15, -0.1) is 0 Å². The van der Waals surface area contributed by atoms with E-state index in [-0.39, 0.29) is 10.8 Å². The van der Waals surface area contributed by atoms with E-state index in [1.165, 1.54) is 19.3 Å². The van der Waals surface area contributed by atoms with Crippen molar-refractivity contribution in [3.63, 3.8) is 0 Å². The van der Waals surface area contributed by atoms with Crippen LogP contribution in [0.4, 0.5) is 0 Å². The molecule has 0 aromatic carbocycles. The van der Waals surface area contributed by atoms with Crippen LogP contribution < -0.4 is 0 Å². The Morgan fingerprint density at radius 3 is 2.85 bits per heavy atom. The quantitative estimate of drug-likeness (QED) is 0.382. The molecule has 0 saturated carbocycles.